The van der Waals surface area contributed by atoms with Gasteiger partial charge in [0, 0.05) is 18.9 Å². The molecule has 7 heteroatoms. The quantitative estimate of drug-likeness (QED) is 0.637. The van der Waals surface area contributed by atoms with Crippen LogP contribution < -0.4 is 10.1 Å². The molecule has 5 nitrogen and oxygen atoms in total. The number of amides is 1. The normalized spacial score (nSPS) is 11.9. The summed E-state index contributed by atoms with van der Waals surface area (Å²) in [5, 5.41) is 2.88. The zero-order valence-electron chi connectivity index (χ0n) is 14.9. The van der Waals surface area contributed by atoms with Crippen LogP contribution in [0.3, 0.4) is 0 Å². The molecule has 0 saturated carbocycles. The molecule has 1 aromatic heterocycles. The third-order valence-corrected chi connectivity index (χ3v) is 4.72. The van der Waals surface area contributed by atoms with Gasteiger partial charge in [0.1, 0.15) is 17.4 Å². The number of carbonyl (C=O) groups is 1. The Morgan fingerprint density at radius 2 is 2.11 bits per heavy atom. The van der Waals surface area contributed by atoms with Crippen LogP contribution in [0, 0.1) is 12.7 Å². The van der Waals surface area contributed by atoms with Gasteiger partial charge in [0.15, 0.2) is 6.10 Å². The molecular weight excluding hydrogens is 413 g/mol. The predicted octanol–water partition coefficient (Wildman–Crippen LogP) is 4.17. The first-order chi connectivity index (χ1) is 13.0. The first-order valence-electron chi connectivity index (χ1n) is 8.43. The zero-order valence-corrected chi connectivity index (χ0v) is 16.5. The van der Waals surface area contributed by atoms with Crippen molar-refractivity contribution < 1.29 is 13.9 Å². The molecule has 0 bridgehead atoms. The Morgan fingerprint density at radius 3 is 2.81 bits per heavy atom. The number of rotatable bonds is 6. The Kier molecular flexibility index (Phi) is 5.91. The lowest BCUT2D eigenvalue weighted by molar-refractivity contribution is -0.127. The van der Waals surface area contributed by atoms with Crippen molar-refractivity contribution in [3.8, 4) is 11.4 Å². The summed E-state index contributed by atoms with van der Waals surface area (Å²) >= 11 is 3.23. The number of carbonyl (C=O) groups excluding carboxylic acids is 1. The Labute approximate surface area is 165 Å². The molecule has 140 valence electrons. The smallest absolute Gasteiger partial charge is 0.261 e. The minimum absolute atomic E-state index is 0.261. The number of ether oxygens (including phenoxy) is 1. The number of hydrogen-bond donors (Lipinski definition) is 1. The van der Waals surface area contributed by atoms with Gasteiger partial charge in [0.25, 0.3) is 5.91 Å². The van der Waals surface area contributed by atoms with Gasteiger partial charge in [-0.1, -0.05) is 18.2 Å². The van der Waals surface area contributed by atoms with Crippen molar-refractivity contribution in [1.82, 2.24) is 14.9 Å². The van der Waals surface area contributed by atoms with E-state index in [4.69, 9.17) is 4.74 Å². The highest BCUT2D eigenvalue weighted by atomic mass is 79.9. The van der Waals surface area contributed by atoms with Gasteiger partial charge >= 0.3 is 0 Å². The molecule has 0 unspecified atom stereocenters. The molecule has 3 aromatic rings. The van der Waals surface area contributed by atoms with Crippen LogP contribution >= 0.6 is 15.9 Å². The Balaban J connectivity index is 1.66. The summed E-state index contributed by atoms with van der Waals surface area (Å²) in [4.78, 5) is 16.7. The Bertz CT molecular complexity index is 958. The van der Waals surface area contributed by atoms with Crippen molar-refractivity contribution in [3.63, 3.8) is 0 Å². The van der Waals surface area contributed by atoms with Crippen LogP contribution in [0.25, 0.3) is 5.69 Å². The van der Waals surface area contributed by atoms with Crippen LogP contribution in [0.15, 0.2) is 59.3 Å². The summed E-state index contributed by atoms with van der Waals surface area (Å²) in [6, 6.07) is 11.9. The van der Waals surface area contributed by atoms with Crippen LogP contribution in [0.2, 0.25) is 0 Å². The van der Waals surface area contributed by atoms with Gasteiger partial charge in [-0.05, 0) is 59.6 Å². The number of halogens is 2. The standard InChI is InChI=1S/C20H19BrFN3O2/c1-13(27-19-8-7-16(22)11-17(19)21)20(26)24-12-15-5-3-4-6-18(15)25-10-9-23-14(25)2/h3-11,13H,12H2,1-2H3,(H,24,26)/t13-/m1/s1. The zero-order chi connectivity index (χ0) is 19.4. The van der Waals surface area contributed by atoms with E-state index >= 15 is 0 Å². The maximum Gasteiger partial charge on any atom is 0.261 e. The van der Waals surface area contributed by atoms with E-state index < -0.39 is 6.10 Å². The number of nitrogens with zero attached hydrogens (tertiary/aromatic N) is 2. The van der Waals surface area contributed by atoms with Crippen LogP contribution in [-0.4, -0.2) is 21.6 Å². The fourth-order valence-corrected chi connectivity index (χ4v) is 3.11. The van der Waals surface area contributed by atoms with Gasteiger partial charge in [0.2, 0.25) is 0 Å². The second-order valence-corrected chi connectivity index (χ2v) is 6.88. The third-order valence-electron chi connectivity index (χ3n) is 4.10. The number of nitrogens with one attached hydrogen (secondary N) is 1. The molecule has 0 aliphatic rings. The lowest BCUT2D eigenvalue weighted by Gasteiger charge is -2.17. The summed E-state index contributed by atoms with van der Waals surface area (Å²) in [6.07, 6.45) is 2.89. The molecule has 27 heavy (non-hydrogen) atoms. The highest BCUT2D eigenvalue weighted by molar-refractivity contribution is 9.10. The molecule has 2 aromatic carbocycles. The second-order valence-electron chi connectivity index (χ2n) is 6.03. The van der Waals surface area contributed by atoms with E-state index in [0.717, 1.165) is 17.1 Å². The summed E-state index contributed by atoms with van der Waals surface area (Å²) in [5.41, 5.74) is 1.92. The van der Waals surface area contributed by atoms with Crippen LogP contribution in [-0.2, 0) is 11.3 Å². The first kappa shape index (κ1) is 19.1. The summed E-state index contributed by atoms with van der Waals surface area (Å²) in [5.74, 6) is 0.640. The van der Waals surface area contributed by atoms with E-state index in [1.807, 2.05) is 42.0 Å². The largest absolute Gasteiger partial charge is 0.480 e. The fourth-order valence-electron chi connectivity index (χ4n) is 2.67. The molecule has 0 fully saturated rings. The summed E-state index contributed by atoms with van der Waals surface area (Å²) in [6.45, 7) is 3.92. The highest BCUT2D eigenvalue weighted by Gasteiger charge is 2.17. The summed E-state index contributed by atoms with van der Waals surface area (Å²) in [7, 11) is 0. The number of aromatic nitrogens is 2. The van der Waals surface area contributed by atoms with E-state index in [2.05, 4.69) is 26.2 Å². The Morgan fingerprint density at radius 1 is 1.33 bits per heavy atom. The topological polar surface area (TPSA) is 56.2 Å². The van der Waals surface area contributed by atoms with Crippen molar-refractivity contribution >= 4 is 21.8 Å². The van der Waals surface area contributed by atoms with Gasteiger partial charge in [-0.2, -0.15) is 0 Å². The van der Waals surface area contributed by atoms with Gasteiger partial charge in [-0.3, -0.25) is 4.79 Å². The van der Waals surface area contributed by atoms with Crippen LogP contribution in [0.4, 0.5) is 4.39 Å². The third kappa shape index (κ3) is 4.54. The number of hydrogen-bond acceptors (Lipinski definition) is 3. The lowest BCUT2D eigenvalue weighted by atomic mass is 10.1. The number of aryl methyl sites for hydroxylation is 1. The van der Waals surface area contributed by atoms with Crippen molar-refractivity contribution in [2.75, 3.05) is 0 Å². The molecule has 1 atom stereocenters. The molecular formula is C20H19BrFN3O2. The van der Waals surface area contributed by atoms with E-state index in [1.54, 1.807) is 13.1 Å². The average Bonchev–Trinajstić information content (AvgIpc) is 3.08. The van der Waals surface area contributed by atoms with E-state index in [1.165, 1.54) is 18.2 Å². The van der Waals surface area contributed by atoms with Crippen molar-refractivity contribution in [2.24, 2.45) is 0 Å². The van der Waals surface area contributed by atoms with Crippen molar-refractivity contribution in [1.29, 1.82) is 0 Å². The maximum atomic E-state index is 13.2. The van der Waals surface area contributed by atoms with Gasteiger partial charge < -0.3 is 14.6 Å². The maximum absolute atomic E-state index is 13.2. The van der Waals surface area contributed by atoms with Gasteiger partial charge in [0.05, 0.1) is 10.2 Å². The van der Waals surface area contributed by atoms with Gasteiger partial charge in [-0.15, -0.1) is 0 Å². The molecule has 1 heterocycles. The van der Waals surface area contributed by atoms with E-state index in [0.29, 0.717) is 16.8 Å². The van der Waals surface area contributed by atoms with Crippen LogP contribution in [0.5, 0.6) is 5.75 Å². The molecule has 0 aliphatic heterocycles. The molecule has 0 aliphatic carbocycles. The molecule has 1 N–H and O–H groups in total. The molecule has 0 spiro atoms. The Hall–Kier alpha value is -2.67. The number of imidazole rings is 1. The average molecular weight is 432 g/mol. The molecule has 0 saturated heterocycles. The highest BCUT2D eigenvalue weighted by Crippen LogP contribution is 2.26. The molecule has 3 rings (SSSR count). The SMILES string of the molecule is Cc1nccn1-c1ccccc1CNC(=O)[C@@H](C)Oc1ccc(F)cc1Br. The van der Waals surface area contributed by atoms with Crippen LogP contribution in [0.1, 0.15) is 18.3 Å². The first-order valence-corrected chi connectivity index (χ1v) is 9.22. The predicted molar refractivity (Wildman–Crippen MR) is 104 cm³/mol. The monoisotopic (exact) mass is 431 g/mol. The van der Waals surface area contributed by atoms with Crippen molar-refractivity contribution in [2.45, 2.75) is 26.5 Å². The van der Waals surface area contributed by atoms with Gasteiger partial charge in [-0.25, -0.2) is 9.37 Å². The summed E-state index contributed by atoms with van der Waals surface area (Å²) < 4.78 is 21.2. The number of para-hydroxylation sites is 1. The fraction of sp³-hybridized carbons (Fsp3) is 0.200. The minimum atomic E-state index is -0.728. The second kappa shape index (κ2) is 8.35. The minimum Gasteiger partial charge on any atom is -0.480 e. The van der Waals surface area contributed by atoms with Crippen molar-refractivity contribution in [3.05, 3.63) is 76.5 Å². The van der Waals surface area contributed by atoms with E-state index in [9.17, 15) is 9.18 Å². The lowest BCUT2D eigenvalue weighted by Crippen LogP contribution is -2.36. The number of benzene rings is 2. The molecule has 0 radical (unpaired) electrons. The molecule has 1 amide bonds. The van der Waals surface area contributed by atoms with E-state index in [-0.39, 0.29) is 11.7 Å².